The van der Waals surface area contributed by atoms with Gasteiger partial charge in [0.05, 0.1) is 59.0 Å². The Morgan fingerprint density at radius 3 is 2.32 bits per heavy atom. The van der Waals surface area contributed by atoms with E-state index in [1.807, 2.05) is 6.08 Å². The first kappa shape index (κ1) is 34.8. The second-order valence-electron chi connectivity index (χ2n) is 13.0. The lowest BCUT2D eigenvalue weighted by molar-refractivity contribution is -0.138. The van der Waals surface area contributed by atoms with Crippen LogP contribution in [0, 0.1) is 5.92 Å². The molecule has 4 aromatic carbocycles. The van der Waals surface area contributed by atoms with Crippen molar-refractivity contribution in [2.45, 2.75) is 30.3 Å². The van der Waals surface area contributed by atoms with Crippen molar-refractivity contribution < 1.29 is 24.2 Å². The maximum absolute atomic E-state index is 15.4. The van der Waals surface area contributed by atoms with Gasteiger partial charge in [-0.2, -0.15) is 5.01 Å². The highest BCUT2D eigenvalue weighted by Gasteiger charge is 2.69. The number of hydrazine groups is 1. The van der Waals surface area contributed by atoms with Crippen LogP contribution in [0.5, 0.6) is 17.2 Å². The van der Waals surface area contributed by atoms with Crippen LogP contribution >= 0.6 is 39.1 Å². The van der Waals surface area contributed by atoms with Crippen molar-refractivity contribution in [1.29, 1.82) is 0 Å². The largest absolute Gasteiger partial charge is 0.503 e. The van der Waals surface area contributed by atoms with Gasteiger partial charge < -0.3 is 14.6 Å². The number of nitrogens with one attached hydrogen (secondary N) is 1. The van der Waals surface area contributed by atoms with Gasteiger partial charge in [-0.1, -0.05) is 59.6 Å². The van der Waals surface area contributed by atoms with E-state index in [1.54, 1.807) is 78.9 Å². The number of carbonyl (C=O) groups is 2. The molecule has 8 rings (SSSR count). The van der Waals surface area contributed by atoms with Crippen LogP contribution in [0.3, 0.4) is 0 Å². The number of amides is 2. The number of aromatic nitrogens is 3. The van der Waals surface area contributed by atoms with E-state index in [9.17, 15) is 19.5 Å². The summed E-state index contributed by atoms with van der Waals surface area (Å²) in [5.74, 6) is -2.65. The Hall–Kier alpha value is -5.24. The molecule has 1 aromatic heterocycles. The Kier molecular flexibility index (Phi) is 8.55. The van der Waals surface area contributed by atoms with E-state index in [-0.39, 0.29) is 39.6 Å². The van der Waals surface area contributed by atoms with Gasteiger partial charge in [0, 0.05) is 10.9 Å². The molecule has 2 fully saturated rings. The zero-order valence-corrected chi connectivity index (χ0v) is 31.2. The summed E-state index contributed by atoms with van der Waals surface area (Å²) in [4.78, 5) is 58.6. The summed E-state index contributed by atoms with van der Waals surface area (Å²) in [6.45, 7) is 0.0144. The highest BCUT2D eigenvalue weighted by Crippen LogP contribution is 2.62. The van der Waals surface area contributed by atoms with Gasteiger partial charge in [-0.3, -0.25) is 15.0 Å². The Balaban J connectivity index is 1.41. The fourth-order valence-corrected chi connectivity index (χ4v) is 9.10. The topological polar surface area (TPSA) is 137 Å². The summed E-state index contributed by atoms with van der Waals surface area (Å²) in [7, 11) is 2.94. The number of phenolic OH excluding ortho intramolecular Hbond substituents is 1. The SMILES string of the molecule is COc1ccc([C@@]23C(=O)N(Nc4ccc(Cl)cc4Cl)C(=O)[C@@H]2C[C@@H]2C(=CCn4c(=O)n(-c5ccccc5)c(=O)n42)[C@@H]3c2cc(Br)c(O)c(OC)c2)cc1. The predicted octanol–water partition coefficient (Wildman–Crippen LogP) is 6.21. The molecule has 1 aliphatic carbocycles. The summed E-state index contributed by atoms with van der Waals surface area (Å²) < 4.78 is 15.2. The van der Waals surface area contributed by atoms with Gasteiger partial charge in [-0.25, -0.2) is 23.5 Å². The maximum atomic E-state index is 15.4. The van der Waals surface area contributed by atoms with Gasteiger partial charge in [0.25, 0.3) is 11.8 Å². The van der Waals surface area contributed by atoms with Gasteiger partial charge >= 0.3 is 11.4 Å². The summed E-state index contributed by atoms with van der Waals surface area (Å²) in [5.41, 5.74) is 2.56. The molecule has 3 aliphatic rings. The Morgan fingerprint density at radius 1 is 0.906 bits per heavy atom. The van der Waals surface area contributed by atoms with Crippen LogP contribution < -0.4 is 26.3 Å². The Bertz CT molecular complexity index is 2480. The molecule has 1 saturated carbocycles. The highest BCUT2D eigenvalue weighted by molar-refractivity contribution is 9.10. The van der Waals surface area contributed by atoms with Gasteiger partial charge in [-0.05, 0) is 93.6 Å². The minimum atomic E-state index is -1.62. The molecule has 12 nitrogen and oxygen atoms in total. The number of fused-ring (bicyclic) bond motifs is 4. The molecule has 4 atom stereocenters. The van der Waals surface area contributed by atoms with Gasteiger partial charge in [0.1, 0.15) is 5.75 Å². The van der Waals surface area contributed by atoms with Crippen LogP contribution in [0.2, 0.25) is 10.0 Å². The monoisotopic (exact) mass is 817 g/mol. The molecule has 0 bridgehead atoms. The average molecular weight is 819 g/mol. The zero-order valence-electron chi connectivity index (χ0n) is 28.1. The molecule has 53 heavy (non-hydrogen) atoms. The van der Waals surface area contributed by atoms with Crippen molar-refractivity contribution in [1.82, 2.24) is 18.9 Å². The molecular weight excluding hydrogens is 789 g/mol. The third kappa shape index (κ3) is 5.16. The fourth-order valence-electron chi connectivity index (χ4n) is 8.19. The lowest BCUT2D eigenvalue weighted by Crippen LogP contribution is -2.53. The summed E-state index contributed by atoms with van der Waals surface area (Å²) in [6.07, 6.45) is 1.84. The second-order valence-corrected chi connectivity index (χ2v) is 14.7. The van der Waals surface area contributed by atoms with E-state index in [0.29, 0.717) is 33.2 Å². The number of para-hydroxylation sites is 1. The summed E-state index contributed by atoms with van der Waals surface area (Å²) in [5, 5.41) is 12.4. The van der Waals surface area contributed by atoms with E-state index in [4.69, 9.17) is 32.7 Å². The van der Waals surface area contributed by atoms with Crippen LogP contribution in [0.25, 0.3) is 5.69 Å². The van der Waals surface area contributed by atoms with Gasteiger partial charge in [-0.15, -0.1) is 0 Å². The predicted molar refractivity (Wildman–Crippen MR) is 201 cm³/mol. The highest BCUT2D eigenvalue weighted by atomic mass is 79.9. The van der Waals surface area contributed by atoms with Crippen LogP contribution in [0.15, 0.2) is 111 Å². The number of methoxy groups -OCH3 is 2. The smallest absolute Gasteiger partial charge is 0.352 e. The molecule has 2 aliphatic heterocycles. The first-order chi connectivity index (χ1) is 25.5. The summed E-state index contributed by atoms with van der Waals surface area (Å²) >= 11 is 16.2. The minimum Gasteiger partial charge on any atom is -0.503 e. The van der Waals surface area contributed by atoms with Crippen molar-refractivity contribution in [2.75, 3.05) is 19.6 Å². The molecule has 270 valence electrons. The number of nitrogens with zero attached hydrogens (tertiary/aromatic N) is 4. The number of ether oxygens (including phenoxy) is 2. The Morgan fingerprint density at radius 2 is 1.64 bits per heavy atom. The number of aromatic hydroxyl groups is 1. The first-order valence-corrected chi connectivity index (χ1v) is 18.1. The second kappa shape index (κ2) is 13.0. The number of phenols is 1. The number of hydrogen-bond donors (Lipinski definition) is 2. The van der Waals surface area contributed by atoms with Crippen molar-refractivity contribution in [3.8, 4) is 22.9 Å². The molecular formula is C38H30BrCl2N5O7. The Labute approximate surface area is 320 Å². The van der Waals surface area contributed by atoms with E-state index in [1.165, 1.54) is 29.6 Å². The third-order valence-corrected chi connectivity index (χ3v) is 11.6. The number of allylic oxidation sites excluding steroid dienone is 2. The third-order valence-electron chi connectivity index (χ3n) is 10.5. The van der Waals surface area contributed by atoms with Gasteiger partial charge in [0.2, 0.25) is 0 Å². The van der Waals surface area contributed by atoms with Crippen molar-refractivity contribution in [3.05, 3.63) is 143 Å². The number of imide groups is 1. The zero-order chi connectivity index (χ0) is 37.3. The molecule has 1 saturated heterocycles. The molecule has 3 heterocycles. The van der Waals surface area contributed by atoms with Gasteiger partial charge in [0.15, 0.2) is 11.5 Å². The van der Waals surface area contributed by atoms with Crippen LogP contribution in [-0.2, 0) is 21.5 Å². The average Bonchev–Trinajstić information content (AvgIpc) is 3.54. The van der Waals surface area contributed by atoms with E-state index < -0.39 is 46.5 Å². The van der Waals surface area contributed by atoms with E-state index in [2.05, 4.69) is 21.4 Å². The quantitative estimate of drug-likeness (QED) is 0.146. The molecule has 0 spiro atoms. The fraction of sp³-hybridized carbons (Fsp3) is 0.211. The number of carbonyl (C=O) groups excluding carboxylic acids is 2. The lowest BCUT2D eigenvalue weighted by atomic mass is 9.53. The number of benzene rings is 4. The van der Waals surface area contributed by atoms with Crippen molar-refractivity contribution in [3.63, 3.8) is 0 Å². The molecule has 0 radical (unpaired) electrons. The van der Waals surface area contributed by atoms with Crippen molar-refractivity contribution >= 4 is 56.6 Å². The molecule has 0 unspecified atom stereocenters. The van der Waals surface area contributed by atoms with Crippen LogP contribution in [0.1, 0.15) is 29.5 Å². The van der Waals surface area contributed by atoms with Crippen molar-refractivity contribution in [2.24, 2.45) is 5.92 Å². The molecule has 2 N–H and O–H groups in total. The number of hydrogen-bond acceptors (Lipinski definition) is 8. The maximum Gasteiger partial charge on any atom is 0.352 e. The lowest BCUT2D eigenvalue weighted by Gasteiger charge is -2.49. The first-order valence-electron chi connectivity index (χ1n) is 16.5. The van der Waals surface area contributed by atoms with Crippen LogP contribution in [0.4, 0.5) is 5.69 Å². The van der Waals surface area contributed by atoms with E-state index in [0.717, 1.165) is 9.58 Å². The van der Waals surface area contributed by atoms with Crippen LogP contribution in [-0.4, -0.2) is 50.1 Å². The molecule has 5 aromatic rings. The number of halogens is 3. The number of anilines is 1. The molecule has 2 amide bonds. The summed E-state index contributed by atoms with van der Waals surface area (Å²) in [6, 6.07) is 22.7. The normalized spacial score (nSPS) is 21.8. The molecule has 15 heteroatoms. The standard InChI is InChI=1S/C38H30BrCl2N5O7/c1-52-24-11-8-21(9-12-24)38-26(34(48)45(35(38)49)42-29-13-10-22(40)18-28(29)41)19-30-25(32(38)20-16-27(39)33(47)31(17-20)53-2)14-15-43-36(50)44(37(51)46(30)43)23-6-4-3-5-7-23/h3-14,16-18,26,30,32,42,47H,15,19H2,1-2H3/t26-,30+,32-,38+/m0/s1. The van der Waals surface area contributed by atoms with E-state index >= 15 is 4.79 Å². The number of rotatable bonds is 7. The minimum absolute atomic E-state index is 0.0139.